The third-order valence-corrected chi connectivity index (χ3v) is 4.48. The SMILES string of the molecule is CCCCCN(CC(N)C1CCCCC1)C(C)C. The third kappa shape index (κ3) is 5.71. The van der Waals surface area contributed by atoms with E-state index in [0.29, 0.717) is 12.1 Å². The maximum atomic E-state index is 6.45. The fourth-order valence-corrected chi connectivity index (χ4v) is 3.11. The van der Waals surface area contributed by atoms with Gasteiger partial charge in [-0.25, -0.2) is 0 Å². The Kier molecular flexibility index (Phi) is 7.92. The largest absolute Gasteiger partial charge is 0.326 e. The van der Waals surface area contributed by atoms with Crippen LogP contribution in [-0.4, -0.2) is 30.1 Å². The molecule has 0 aromatic rings. The van der Waals surface area contributed by atoms with Gasteiger partial charge in [-0.05, 0) is 45.6 Å². The summed E-state index contributed by atoms with van der Waals surface area (Å²) in [4.78, 5) is 2.59. The van der Waals surface area contributed by atoms with Gasteiger partial charge in [-0.3, -0.25) is 4.90 Å². The van der Waals surface area contributed by atoms with Gasteiger partial charge in [-0.1, -0.05) is 39.0 Å². The van der Waals surface area contributed by atoms with Gasteiger partial charge in [0, 0.05) is 18.6 Å². The topological polar surface area (TPSA) is 29.3 Å². The number of unbranched alkanes of at least 4 members (excludes halogenated alkanes) is 2. The number of hydrogen-bond acceptors (Lipinski definition) is 2. The van der Waals surface area contributed by atoms with Crippen LogP contribution in [0.4, 0.5) is 0 Å². The van der Waals surface area contributed by atoms with Gasteiger partial charge >= 0.3 is 0 Å². The summed E-state index contributed by atoms with van der Waals surface area (Å²) in [6.45, 7) is 9.21. The molecule has 0 aromatic carbocycles. The van der Waals surface area contributed by atoms with Crippen molar-refractivity contribution in [2.45, 2.75) is 84.2 Å². The van der Waals surface area contributed by atoms with Crippen molar-refractivity contribution in [2.75, 3.05) is 13.1 Å². The predicted molar refractivity (Wildman–Crippen MR) is 80.8 cm³/mol. The summed E-state index contributed by atoms with van der Waals surface area (Å²) < 4.78 is 0. The number of hydrogen-bond donors (Lipinski definition) is 1. The van der Waals surface area contributed by atoms with Crippen molar-refractivity contribution < 1.29 is 0 Å². The zero-order valence-corrected chi connectivity index (χ0v) is 12.8. The van der Waals surface area contributed by atoms with Crippen LogP contribution < -0.4 is 5.73 Å². The molecule has 1 fully saturated rings. The minimum Gasteiger partial charge on any atom is -0.326 e. The highest BCUT2D eigenvalue weighted by molar-refractivity contribution is 4.80. The van der Waals surface area contributed by atoms with Gasteiger partial charge < -0.3 is 5.73 Å². The normalized spacial score (nSPS) is 19.7. The Hall–Kier alpha value is -0.0800. The molecule has 1 aliphatic rings. The molecule has 2 heteroatoms. The minimum absolute atomic E-state index is 0.398. The van der Waals surface area contributed by atoms with E-state index in [1.165, 1.54) is 57.9 Å². The van der Waals surface area contributed by atoms with Crippen molar-refractivity contribution in [3.8, 4) is 0 Å². The fourth-order valence-electron chi connectivity index (χ4n) is 3.11. The standard InChI is InChI=1S/C16H34N2/c1-4-5-9-12-18(14(2)3)13-16(17)15-10-7-6-8-11-15/h14-16H,4-13,17H2,1-3H3. The van der Waals surface area contributed by atoms with Crippen molar-refractivity contribution in [1.29, 1.82) is 0 Å². The van der Waals surface area contributed by atoms with Gasteiger partial charge in [0.25, 0.3) is 0 Å². The first kappa shape index (κ1) is 16.0. The first-order valence-corrected chi connectivity index (χ1v) is 8.14. The molecule has 0 spiro atoms. The average molecular weight is 254 g/mol. The van der Waals surface area contributed by atoms with Gasteiger partial charge in [0.15, 0.2) is 0 Å². The van der Waals surface area contributed by atoms with E-state index in [9.17, 15) is 0 Å². The molecule has 0 radical (unpaired) electrons. The molecule has 0 saturated heterocycles. The van der Waals surface area contributed by atoms with Crippen molar-refractivity contribution in [2.24, 2.45) is 11.7 Å². The summed E-state index contributed by atoms with van der Waals surface area (Å²) in [5.74, 6) is 0.783. The summed E-state index contributed by atoms with van der Waals surface area (Å²) >= 11 is 0. The minimum atomic E-state index is 0.398. The molecule has 0 amide bonds. The van der Waals surface area contributed by atoms with Gasteiger partial charge in [0.1, 0.15) is 0 Å². The maximum Gasteiger partial charge on any atom is 0.0196 e. The van der Waals surface area contributed by atoms with Crippen LogP contribution in [0, 0.1) is 5.92 Å². The van der Waals surface area contributed by atoms with Crippen molar-refractivity contribution >= 4 is 0 Å². The Balaban J connectivity index is 2.33. The van der Waals surface area contributed by atoms with E-state index in [-0.39, 0.29) is 0 Å². The monoisotopic (exact) mass is 254 g/mol. The van der Waals surface area contributed by atoms with Gasteiger partial charge in [-0.15, -0.1) is 0 Å². The predicted octanol–water partition coefficient (Wildman–Crippen LogP) is 3.79. The van der Waals surface area contributed by atoms with E-state index in [1.54, 1.807) is 0 Å². The third-order valence-electron chi connectivity index (χ3n) is 4.48. The molecule has 2 N–H and O–H groups in total. The Morgan fingerprint density at radius 2 is 1.78 bits per heavy atom. The Morgan fingerprint density at radius 1 is 1.11 bits per heavy atom. The Bertz CT molecular complexity index is 197. The van der Waals surface area contributed by atoms with E-state index >= 15 is 0 Å². The van der Waals surface area contributed by atoms with E-state index < -0.39 is 0 Å². The molecule has 0 bridgehead atoms. The highest BCUT2D eigenvalue weighted by Gasteiger charge is 2.23. The number of nitrogens with zero attached hydrogens (tertiary/aromatic N) is 1. The molecule has 1 saturated carbocycles. The van der Waals surface area contributed by atoms with E-state index in [4.69, 9.17) is 5.73 Å². The molecule has 18 heavy (non-hydrogen) atoms. The fraction of sp³-hybridized carbons (Fsp3) is 1.00. The second-order valence-corrected chi connectivity index (χ2v) is 6.36. The zero-order chi connectivity index (χ0) is 13.4. The van der Waals surface area contributed by atoms with Crippen LogP contribution in [0.15, 0.2) is 0 Å². The molecular formula is C16H34N2. The average Bonchev–Trinajstić information content (AvgIpc) is 2.38. The summed E-state index contributed by atoms with van der Waals surface area (Å²) in [6, 6.07) is 1.03. The molecule has 1 atom stereocenters. The Labute approximate surface area is 114 Å². The quantitative estimate of drug-likeness (QED) is 0.668. The zero-order valence-electron chi connectivity index (χ0n) is 12.8. The summed E-state index contributed by atoms with van der Waals surface area (Å²) in [6.07, 6.45) is 10.9. The molecule has 108 valence electrons. The van der Waals surface area contributed by atoms with E-state index in [2.05, 4.69) is 25.7 Å². The Morgan fingerprint density at radius 3 is 2.33 bits per heavy atom. The van der Waals surface area contributed by atoms with Crippen LogP contribution in [0.1, 0.15) is 72.1 Å². The van der Waals surface area contributed by atoms with Gasteiger partial charge in [0.2, 0.25) is 0 Å². The van der Waals surface area contributed by atoms with Crippen LogP contribution >= 0.6 is 0 Å². The first-order valence-electron chi connectivity index (χ1n) is 8.14. The molecular weight excluding hydrogens is 220 g/mol. The molecule has 2 nitrogen and oxygen atoms in total. The van der Waals surface area contributed by atoms with Crippen LogP contribution in [0.25, 0.3) is 0 Å². The molecule has 0 aromatic heterocycles. The second-order valence-electron chi connectivity index (χ2n) is 6.36. The summed E-state index contributed by atoms with van der Waals surface area (Å²) in [7, 11) is 0. The van der Waals surface area contributed by atoms with E-state index in [0.717, 1.165) is 12.5 Å². The highest BCUT2D eigenvalue weighted by Crippen LogP contribution is 2.26. The summed E-state index contributed by atoms with van der Waals surface area (Å²) in [5.41, 5.74) is 6.45. The lowest BCUT2D eigenvalue weighted by molar-refractivity contribution is 0.171. The van der Waals surface area contributed by atoms with Gasteiger partial charge in [0.05, 0.1) is 0 Å². The lowest BCUT2D eigenvalue weighted by Crippen LogP contribution is -2.45. The molecule has 0 aliphatic heterocycles. The molecule has 1 aliphatic carbocycles. The number of rotatable bonds is 8. The van der Waals surface area contributed by atoms with Crippen LogP contribution in [0.5, 0.6) is 0 Å². The second kappa shape index (κ2) is 8.92. The van der Waals surface area contributed by atoms with Crippen LogP contribution in [0.3, 0.4) is 0 Å². The lowest BCUT2D eigenvalue weighted by Gasteiger charge is -2.34. The highest BCUT2D eigenvalue weighted by atomic mass is 15.2. The van der Waals surface area contributed by atoms with Crippen molar-refractivity contribution in [1.82, 2.24) is 4.90 Å². The van der Waals surface area contributed by atoms with Crippen molar-refractivity contribution in [3.05, 3.63) is 0 Å². The van der Waals surface area contributed by atoms with Crippen molar-refractivity contribution in [3.63, 3.8) is 0 Å². The molecule has 1 unspecified atom stereocenters. The first-order chi connectivity index (χ1) is 8.65. The van der Waals surface area contributed by atoms with Crippen LogP contribution in [0.2, 0.25) is 0 Å². The summed E-state index contributed by atoms with van der Waals surface area (Å²) in [5, 5.41) is 0. The number of nitrogens with two attached hydrogens (primary N) is 1. The lowest BCUT2D eigenvalue weighted by atomic mass is 9.84. The molecule has 0 heterocycles. The smallest absolute Gasteiger partial charge is 0.0196 e. The molecule has 1 rings (SSSR count). The maximum absolute atomic E-state index is 6.45. The van der Waals surface area contributed by atoms with E-state index in [1.807, 2.05) is 0 Å². The van der Waals surface area contributed by atoms with Gasteiger partial charge in [-0.2, -0.15) is 0 Å². The van der Waals surface area contributed by atoms with Crippen LogP contribution in [-0.2, 0) is 0 Å².